The molecule has 1 aliphatic heterocycles. The van der Waals surface area contributed by atoms with Crippen molar-refractivity contribution >= 4 is 11.7 Å². The second-order valence-corrected chi connectivity index (χ2v) is 10.3. The molecule has 2 heterocycles. The number of aliphatic hydroxyl groups is 1. The van der Waals surface area contributed by atoms with E-state index in [0.717, 1.165) is 44.9 Å². The third kappa shape index (κ3) is 3.73. The first kappa shape index (κ1) is 23.1. The summed E-state index contributed by atoms with van der Waals surface area (Å²) in [7, 11) is 3.60. The van der Waals surface area contributed by atoms with E-state index in [2.05, 4.69) is 39.6 Å². The SMILES string of the molecule is CN[C@]1(c2ccccc2)CC[C@]2(CC1)CN(c1cnc(C)nc1OC)C(=O)N2CC1(O)CCC1. The number of benzene rings is 1. The molecular weight excluding hydrogens is 430 g/mol. The number of nitrogens with one attached hydrogen (secondary N) is 1. The number of nitrogens with zero attached hydrogens (tertiary/aromatic N) is 4. The van der Waals surface area contributed by atoms with E-state index < -0.39 is 5.60 Å². The Morgan fingerprint density at radius 1 is 1.12 bits per heavy atom. The predicted molar refractivity (Wildman–Crippen MR) is 130 cm³/mol. The Hall–Kier alpha value is -2.71. The van der Waals surface area contributed by atoms with Gasteiger partial charge in [-0.2, -0.15) is 4.98 Å². The Morgan fingerprint density at radius 2 is 1.82 bits per heavy atom. The van der Waals surface area contributed by atoms with Crippen LogP contribution in [0.1, 0.15) is 56.3 Å². The fourth-order valence-corrected chi connectivity index (χ4v) is 6.05. The second-order valence-electron chi connectivity index (χ2n) is 10.3. The molecule has 2 amide bonds. The minimum atomic E-state index is -0.788. The minimum Gasteiger partial charge on any atom is -0.479 e. The number of β-amino-alcohol motifs (C(OH)–C–C–N with tert-alkyl or cyclic N) is 1. The molecule has 0 unspecified atom stereocenters. The van der Waals surface area contributed by atoms with E-state index in [1.807, 2.05) is 18.0 Å². The van der Waals surface area contributed by atoms with Crippen LogP contribution in [0.4, 0.5) is 10.5 Å². The van der Waals surface area contributed by atoms with Gasteiger partial charge in [0.05, 0.1) is 37.5 Å². The van der Waals surface area contributed by atoms with Crippen LogP contribution in [0.5, 0.6) is 5.88 Å². The number of rotatable bonds is 6. The molecule has 1 saturated heterocycles. The first-order valence-electron chi connectivity index (χ1n) is 12.3. The molecule has 0 bridgehead atoms. The molecule has 8 nitrogen and oxygen atoms in total. The number of ether oxygens (including phenoxy) is 1. The number of urea groups is 1. The van der Waals surface area contributed by atoms with Crippen molar-refractivity contribution in [1.29, 1.82) is 0 Å². The van der Waals surface area contributed by atoms with Crippen LogP contribution in [0.3, 0.4) is 0 Å². The zero-order valence-electron chi connectivity index (χ0n) is 20.4. The Kier molecular flexibility index (Phi) is 5.76. The highest BCUT2D eigenvalue weighted by molar-refractivity contribution is 5.96. The molecule has 5 rings (SSSR count). The molecule has 3 aliphatic rings. The number of carbonyl (C=O) groups is 1. The van der Waals surface area contributed by atoms with Crippen LogP contribution in [-0.2, 0) is 5.54 Å². The lowest BCUT2D eigenvalue weighted by Crippen LogP contribution is -2.59. The topological polar surface area (TPSA) is 90.8 Å². The third-order valence-corrected chi connectivity index (χ3v) is 8.40. The number of anilines is 1. The van der Waals surface area contributed by atoms with E-state index in [-0.39, 0.29) is 17.1 Å². The quantitative estimate of drug-likeness (QED) is 0.680. The van der Waals surface area contributed by atoms with E-state index >= 15 is 0 Å². The Morgan fingerprint density at radius 3 is 2.41 bits per heavy atom. The first-order valence-corrected chi connectivity index (χ1v) is 12.3. The Labute approximate surface area is 201 Å². The van der Waals surface area contributed by atoms with Gasteiger partial charge in [0.25, 0.3) is 0 Å². The van der Waals surface area contributed by atoms with E-state index in [1.165, 1.54) is 5.56 Å². The second kappa shape index (κ2) is 8.50. The fourth-order valence-electron chi connectivity index (χ4n) is 6.05. The van der Waals surface area contributed by atoms with Gasteiger partial charge in [-0.3, -0.25) is 4.90 Å². The van der Waals surface area contributed by atoms with Crippen LogP contribution >= 0.6 is 0 Å². The fraction of sp³-hybridized carbons (Fsp3) is 0.577. The Balaban J connectivity index is 1.48. The molecule has 3 fully saturated rings. The summed E-state index contributed by atoms with van der Waals surface area (Å²) in [5.74, 6) is 1.01. The van der Waals surface area contributed by atoms with Crippen molar-refractivity contribution in [2.75, 3.05) is 32.1 Å². The molecular formula is C26H35N5O3. The van der Waals surface area contributed by atoms with E-state index in [1.54, 1.807) is 25.1 Å². The molecule has 2 aliphatic carbocycles. The van der Waals surface area contributed by atoms with Gasteiger partial charge < -0.3 is 20.1 Å². The summed E-state index contributed by atoms with van der Waals surface area (Å²) >= 11 is 0. The van der Waals surface area contributed by atoms with E-state index in [0.29, 0.717) is 30.5 Å². The van der Waals surface area contributed by atoms with Crippen LogP contribution in [0.25, 0.3) is 0 Å². The highest BCUT2D eigenvalue weighted by atomic mass is 16.5. The largest absolute Gasteiger partial charge is 0.479 e. The maximum absolute atomic E-state index is 13.9. The van der Waals surface area contributed by atoms with Gasteiger partial charge >= 0.3 is 6.03 Å². The van der Waals surface area contributed by atoms with E-state index in [9.17, 15) is 9.90 Å². The molecule has 0 radical (unpaired) electrons. The average molecular weight is 466 g/mol. The summed E-state index contributed by atoms with van der Waals surface area (Å²) in [6, 6.07) is 10.5. The van der Waals surface area contributed by atoms with Gasteiger partial charge in [0.1, 0.15) is 11.5 Å². The highest BCUT2D eigenvalue weighted by Gasteiger charge is 2.56. The van der Waals surface area contributed by atoms with Crippen molar-refractivity contribution in [3.05, 3.63) is 47.9 Å². The van der Waals surface area contributed by atoms with E-state index in [4.69, 9.17) is 4.74 Å². The van der Waals surface area contributed by atoms with Crippen LogP contribution in [0, 0.1) is 6.92 Å². The number of aryl methyl sites for hydroxylation is 1. The monoisotopic (exact) mass is 465 g/mol. The average Bonchev–Trinajstić information content (AvgIpc) is 3.10. The number of methoxy groups -OCH3 is 1. The van der Waals surface area contributed by atoms with Gasteiger partial charge in [-0.05, 0) is 64.5 Å². The Bertz CT molecular complexity index is 1050. The number of hydrogen-bond acceptors (Lipinski definition) is 6. The summed E-state index contributed by atoms with van der Waals surface area (Å²) in [6.45, 7) is 2.72. The molecule has 8 heteroatoms. The number of hydrogen-bond donors (Lipinski definition) is 2. The lowest BCUT2D eigenvalue weighted by molar-refractivity contribution is -0.0690. The molecule has 2 aromatic rings. The molecule has 182 valence electrons. The summed E-state index contributed by atoms with van der Waals surface area (Å²) in [4.78, 5) is 26.3. The summed E-state index contributed by atoms with van der Waals surface area (Å²) in [6.07, 6.45) is 7.68. The number of amides is 2. The summed E-state index contributed by atoms with van der Waals surface area (Å²) in [5.41, 5.74) is 0.615. The lowest BCUT2D eigenvalue weighted by atomic mass is 9.68. The molecule has 2 N–H and O–H groups in total. The maximum atomic E-state index is 13.9. The predicted octanol–water partition coefficient (Wildman–Crippen LogP) is 3.38. The first-order chi connectivity index (χ1) is 16.3. The van der Waals surface area contributed by atoms with Gasteiger partial charge in [0, 0.05) is 5.54 Å². The van der Waals surface area contributed by atoms with Crippen molar-refractivity contribution in [1.82, 2.24) is 20.2 Å². The van der Waals surface area contributed by atoms with Crippen molar-refractivity contribution in [2.24, 2.45) is 0 Å². The molecule has 1 spiro atoms. The number of carbonyl (C=O) groups excluding carboxylic acids is 1. The molecule has 34 heavy (non-hydrogen) atoms. The van der Waals surface area contributed by atoms with Crippen molar-refractivity contribution in [2.45, 2.75) is 68.5 Å². The third-order valence-electron chi connectivity index (χ3n) is 8.40. The zero-order valence-corrected chi connectivity index (χ0v) is 20.4. The molecule has 1 aromatic carbocycles. The van der Waals surface area contributed by atoms with Gasteiger partial charge in [-0.25, -0.2) is 9.78 Å². The van der Waals surface area contributed by atoms with Crippen LogP contribution in [0.2, 0.25) is 0 Å². The highest BCUT2D eigenvalue weighted by Crippen LogP contribution is 2.49. The molecule has 1 aromatic heterocycles. The maximum Gasteiger partial charge on any atom is 0.325 e. The standard InChI is InChI=1S/C26H35N5O3/c1-19-28-16-21(22(29-19)34-3)30-17-24(31(23(30)32)18-25(33)10-7-11-25)12-14-26(27-2,15-13-24)20-8-5-4-6-9-20/h4-6,8-9,16,27,33H,7,10-15,17-18H2,1-3H3/t24-,26+. The summed E-state index contributed by atoms with van der Waals surface area (Å²) in [5, 5.41) is 14.6. The van der Waals surface area contributed by atoms with Crippen LogP contribution in [-0.4, -0.2) is 64.4 Å². The van der Waals surface area contributed by atoms with Gasteiger partial charge in [-0.1, -0.05) is 30.3 Å². The minimum absolute atomic E-state index is 0.0947. The molecule has 0 atom stereocenters. The lowest BCUT2D eigenvalue weighted by Gasteiger charge is -2.50. The van der Waals surface area contributed by atoms with Gasteiger partial charge in [0.2, 0.25) is 5.88 Å². The van der Waals surface area contributed by atoms with Crippen LogP contribution in [0.15, 0.2) is 36.5 Å². The van der Waals surface area contributed by atoms with Crippen molar-refractivity contribution < 1.29 is 14.6 Å². The van der Waals surface area contributed by atoms with Gasteiger partial charge in [0.15, 0.2) is 0 Å². The normalized spacial score (nSPS) is 28.3. The number of aromatic nitrogens is 2. The van der Waals surface area contributed by atoms with Gasteiger partial charge in [-0.15, -0.1) is 0 Å². The molecule has 2 saturated carbocycles. The zero-order chi connectivity index (χ0) is 24.0. The van der Waals surface area contributed by atoms with Crippen molar-refractivity contribution in [3.63, 3.8) is 0 Å². The summed E-state index contributed by atoms with van der Waals surface area (Å²) < 4.78 is 5.52. The van der Waals surface area contributed by atoms with Crippen molar-refractivity contribution in [3.8, 4) is 5.88 Å². The van der Waals surface area contributed by atoms with Crippen LogP contribution < -0.4 is 15.0 Å². The smallest absolute Gasteiger partial charge is 0.325 e.